The molecule has 1 aromatic heterocycles. The summed E-state index contributed by atoms with van der Waals surface area (Å²) in [5, 5.41) is 3.01. The molecule has 0 aliphatic carbocycles. The molecular formula is C38H49N3O4. The summed E-state index contributed by atoms with van der Waals surface area (Å²) in [6, 6.07) is 17.5. The number of carbonyl (C=O) groups excluding carboxylic acids is 2. The highest BCUT2D eigenvalue weighted by Gasteiger charge is 2.36. The van der Waals surface area contributed by atoms with Gasteiger partial charge in [0.1, 0.15) is 0 Å². The Bertz CT molecular complexity index is 1520. The molecule has 2 aromatic carbocycles. The van der Waals surface area contributed by atoms with Crippen molar-refractivity contribution in [1.29, 1.82) is 0 Å². The van der Waals surface area contributed by atoms with Gasteiger partial charge in [-0.25, -0.2) is 4.79 Å². The van der Waals surface area contributed by atoms with Crippen molar-refractivity contribution in [2.75, 3.05) is 18.0 Å². The van der Waals surface area contributed by atoms with Crippen LogP contribution in [0.15, 0.2) is 65.7 Å². The number of allylic oxidation sites excluding steroid dienone is 1. The number of amides is 1. The van der Waals surface area contributed by atoms with Crippen LogP contribution in [0.5, 0.6) is 0 Å². The number of anilines is 1. The SMILES string of the molecule is CC(C)=C1CCN(c2c(-c3ccc(C(=O)NCc4ccccc4)cc3)c(C)nc(C)c2[C@H](OC(C)(C)C)C(=O)OC(C)C)CC1. The van der Waals surface area contributed by atoms with Crippen molar-refractivity contribution in [1.82, 2.24) is 10.3 Å². The summed E-state index contributed by atoms with van der Waals surface area (Å²) in [5.74, 6) is -0.557. The standard InChI is InChI=1S/C38H49N3O4/c1-24(2)29-19-21-41(22-20-29)34-32(30-15-17-31(18-16-30)36(42)39-23-28-13-11-10-12-14-28)26(5)40-27(6)33(34)35(45-38(7,8)9)37(43)44-25(3)4/h10-18,25,35H,19-23H2,1-9H3,(H,39,42)/t35-/m0/s1. The number of esters is 1. The molecule has 3 aromatic rings. The van der Waals surface area contributed by atoms with E-state index in [0.29, 0.717) is 12.1 Å². The molecule has 1 N–H and O–H groups in total. The molecule has 4 rings (SSSR count). The van der Waals surface area contributed by atoms with Crippen LogP contribution in [-0.2, 0) is 20.8 Å². The maximum Gasteiger partial charge on any atom is 0.340 e. The van der Waals surface area contributed by atoms with Crippen LogP contribution in [-0.4, -0.2) is 41.7 Å². The zero-order valence-corrected chi connectivity index (χ0v) is 28.4. The topological polar surface area (TPSA) is 80.8 Å². The summed E-state index contributed by atoms with van der Waals surface area (Å²) in [7, 11) is 0. The van der Waals surface area contributed by atoms with Crippen molar-refractivity contribution in [3.63, 3.8) is 0 Å². The number of piperidine rings is 1. The number of aromatic nitrogens is 1. The van der Waals surface area contributed by atoms with E-state index in [9.17, 15) is 9.59 Å². The van der Waals surface area contributed by atoms with Gasteiger partial charge in [0.15, 0.2) is 6.10 Å². The van der Waals surface area contributed by atoms with Crippen LogP contribution in [0.25, 0.3) is 11.1 Å². The summed E-state index contributed by atoms with van der Waals surface area (Å²) in [6.45, 7) is 19.9. The second-order valence-corrected chi connectivity index (χ2v) is 13.4. The molecule has 0 bridgehead atoms. The van der Waals surface area contributed by atoms with Gasteiger partial charge in [-0.1, -0.05) is 53.6 Å². The molecule has 240 valence electrons. The number of pyridine rings is 1. The number of benzene rings is 2. The highest BCUT2D eigenvalue weighted by molar-refractivity contribution is 5.95. The number of ether oxygens (including phenoxy) is 2. The highest BCUT2D eigenvalue weighted by atomic mass is 16.6. The lowest BCUT2D eigenvalue weighted by molar-refractivity contribution is -0.171. The van der Waals surface area contributed by atoms with E-state index in [1.165, 1.54) is 11.1 Å². The Labute approximate surface area is 269 Å². The predicted octanol–water partition coefficient (Wildman–Crippen LogP) is 8.04. The smallest absolute Gasteiger partial charge is 0.340 e. The molecule has 7 nitrogen and oxygen atoms in total. The van der Waals surface area contributed by atoms with E-state index >= 15 is 0 Å². The van der Waals surface area contributed by atoms with E-state index in [1.807, 2.05) is 103 Å². The Morgan fingerprint density at radius 2 is 1.56 bits per heavy atom. The Kier molecular flexibility index (Phi) is 10.9. The monoisotopic (exact) mass is 611 g/mol. The maximum absolute atomic E-state index is 13.7. The fraction of sp³-hybridized carbons (Fsp3) is 0.447. The minimum absolute atomic E-state index is 0.134. The van der Waals surface area contributed by atoms with Crippen LogP contribution in [0.1, 0.15) is 100 Å². The van der Waals surface area contributed by atoms with Crippen LogP contribution in [0.2, 0.25) is 0 Å². The third-order valence-electron chi connectivity index (χ3n) is 8.00. The van der Waals surface area contributed by atoms with Gasteiger partial charge in [-0.2, -0.15) is 0 Å². The fourth-order valence-electron chi connectivity index (χ4n) is 5.87. The number of aryl methyl sites for hydroxylation is 2. The number of hydrogen-bond donors (Lipinski definition) is 1. The normalized spacial score (nSPS) is 14.4. The zero-order valence-electron chi connectivity index (χ0n) is 28.4. The first-order valence-corrected chi connectivity index (χ1v) is 16.0. The molecule has 0 radical (unpaired) electrons. The Hall–Kier alpha value is -3.97. The summed E-state index contributed by atoms with van der Waals surface area (Å²) in [5.41, 5.74) is 9.00. The average molecular weight is 612 g/mol. The molecule has 1 aliphatic heterocycles. The van der Waals surface area contributed by atoms with Crippen LogP contribution in [0, 0.1) is 13.8 Å². The lowest BCUT2D eigenvalue weighted by Crippen LogP contribution is -2.36. The molecule has 1 aliphatic rings. The minimum Gasteiger partial charge on any atom is -0.461 e. The number of nitrogens with zero attached hydrogens (tertiary/aromatic N) is 2. The summed E-state index contributed by atoms with van der Waals surface area (Å²) in [6.07, 6.45) is 0.649. The number of rotatable bonds is 9. The first-order valence-electron chi connectivity index (χ1n) is 16.0. The molecule has 1 fully saturated rings. The summed E-state index contributed by atoms with van der Waals surface area (Å²) in [4.78, 5) is 34.1. The molecule has 1 amide bonds. The first-order chi connectivity index (χ1) is 21.2. The molecule has 2 heterocycles. The summed E-state index contributed by atoms with van der Waals surface area (Å²) < 4.78 is 12.3. The lowest BCUT2D eigenvalue weighted by atomic mass is 9.91. The number of nitrogens with one attached hydrogen (secondary N) is 1. The molecular weight excluding hydrogens is 562 g/mol. The van der Waals surface area contributed by atoms with E-state index in [2.05, 4.69) is 24.1 Å². The molecule has 7 heteroatoms. The van der Waals surface area contributed by atoms with Gasteiger partial charge in [0.25, 0.3) is 5.91 Å². The number of carbonyl (C=O) groups is 2. The molecule has 0 spiro atoms. The van der Waals surface area contributed by atoms with Crippen molar-refractivity contribution in [3.8, 4) is 11.1 Å². The van der Waals surface area contributed by atoms with Crippen molar-refractivity contribution < 1.29 is 19.1 Å². The second-order valence-electron chi connectivity index (χ2n) is 13.4. The van der Waals surface area contributed by atoms with Gasteiger partial charge in [0, 0.05) is 47.7 Å². The lowest BCUT2D eigenvalue weighted by Gasteiger charge is -2.37. The maximum atomic E-state index is 13.7. The van der Waals surface area contributed by atoms with Gasteiger partial charge in [0.2, 0.25) is 0 Å². The minimum atomic E-state index is -0.956. The first kappa shape index (κ1) is 33.9. The largest absolute Gasteiger partial charge is 0.461 e. The van der Waals surface area contributed by atoms with E-state index in [4.69, 9.17) is 14.5 Å². The predicted molar refractivity (Wildman–Crippen MR) is 181 cm³/mol. The van der Waals surface area contributed by atoms with Gasteiger partial charge in [0.05, 0.1) is 17.4 Å². The average Bonchev–Trinajstić information content (AvgIpc) is 2.98. The van der Waals surface area contributed by atoms with E-state index in [1.54, 1.807) is 0 Å². The van der Waals surface area contributed by atoms with Crippen LogP contribution in [0.4, 0.5) is 5.69 Å². The van der Waals surface area contributed by atoms with E-state index in [0.717, 1.165) is 65.3 Å². The number of hydrogen-bond acceptors (Lipinski definition) is 6. The molecule has 1 saturated heterocycles. The quantitative estimate of drug-likeness (QED) is 0.195. The molecule has 45 heavy (non-hydrogen) atoms. The third-order valence-corrected chi connectivity index (χ3v) is 8.00. The van der Waals surface area contributed by atoms with Gasteiger partial charge in [-0.15, -0.1) is 0 Å². The van der Waals surface area contributed by atoms with Crippen molar-refractivity contribution in [2.45, 2.75) is 99.5 Å². The fourth-order valence-corrected chi connectivity index (χ4v) is 5.87. The van der Waals surface area contributed by atoms with E-state index in [-0.39, 0.29) is 12.0 Å². The molecule has 0 saturated carbocycles. The van der Waals surface area contributed by atoms with Crippen molar-refractivity contribution >= 4 is 17.6 Å². The molecule has 1 atom stereocenters. The molecule has 0 unspecified atom stereocenters. The van der Waals surface area contributed by atoms with Crippen LogP contribution in [0.3, 0.4) is 0 Å². The third kappa shape index (κ3) is 8.60. The Morgan fingerprint density at radius 3 is 2.11 bits per heavy atom. The van der Waals surface area contributed by atoms with Gasteiger partial charge in [-0.3, -0.25) is 9.78 Å². The summed E-state index contributed by atoms with van der Waals surface area (Å²) >= 11 is 0. The van der Waals surface area contributed by atoms with E-state index < -0.39 is 17.7 Å². The Morgan fingerprint density at radius 1 is 0.933 bits per heavy atom. The second kappa shape index (κ2) is 14.4. The van der Waals surface area contributed by atoms with Crippen molar-refractivity contribution in [2.24, 2.45) is 0 Å². The Balaban J connectivity index is 1.81. The van der Waals surface area contributed by atoms with Gasteiger partial charge in [-0.05, 0) is 98.4 Å². The van der Waals surface area contributed by atoms with Gasteiger partial charge < -0.3 is 19.7 Å². The zero-order chi connectivity index (χ0) is 32.9. The van der Waals surface area contributed by atoms with Crippen LogP contribution < -0.4 is 10.2 Å². The van der Waals surface area contributed by atoms with Crippen LogP contribution >= 0.6 is 0 Å². The highest BCUT2D eigenvalue weighted by Crippen LogP contribution is 2.44. The van der Waals surface area contributed by atoms with Gasteiger partial charge >= 0.3 is 5.97 Å². The van der Waals surface area contributed by atoms with Crippen molar-refractivity contribution in [3.05, 3.63) is 93.8 Å².